The van der Waals surface area contributed by atoms with Crippen LogP contribution >= 0.6 is 0 Å². The van der Waals surface area contributed by atoms with Gasteiger partial charge in [-0.2, -0.15) is 5.10 Å². The van der Waals surface area contributed by atoms with E-state index in [0.717, 1.165) is 11.1 Å². The summed E-state index contributed by atoms with van der Waals surface area (Å²) in [4.78, 5) is 24.9. The van der Waals surface area contributed by atoms with Gasteiger partial charge in [0, 0.05) is 30.8 Å². The maximum atomic E-state index is 12.5. The van der Waals surface area contributed by atoms with Crippen LogP contribution in [0, 0.1) is 0 Å². The fourth-order valence-corrected chi connectivity index (χ4v) is 3.53. The van der Waals surface area contributed by atoms with Crippen molar-refractivity contribution in [1.82, 2.24) is 20.2 Å². The smallest absolute Gasteiger partial charge is 0.425 e. The first-order valence-electron chi connectivity index (χ1n) is 11.1. The maximum Gasteiger partial charge on any atom is 0.425 e. The van der Waals surface area contributed by atoms with Gasteiger partial charge < -0.3 is 9.47 Å². The van der Waals surface area contributed by atoms with Gasteiger partial charge in [-0.1, -0.05) is 36.4 Å². The number of carbonyl (C=O) groups excluding carboxylic acids is 1. The molecule has 3 aromatic rings. The second-order valence-corrected chi connectivity index (χ2v) is 8.93. The van der Waals surface area contributed by atoms with Crippen LogP contribution in [-0.2, 0) is 11.8 Å². The van der Waals surface area contributed by atoms with Crippen LogP contribution in [0.1, 0.15) is 26.3 Å². The van der Waals surface area contributed by atoms with E-state index in [-0.39, 0.29) is 5.56 Å². The molecule has 1 N–H and O–H groups in total. The molecule has 1 aliphatic heterocycles. The molecule has 0 spiro atoms. The lowest BCUT2D eigenvalue weighted by Gasteiger charge is -2.30. The highest BCUT2D eigenvalue weighted by Crippen LogP contribution is 2.35. The zero-order chi connectivity index (χ0) is 24.3. The number of nitrogens with one attached hydrogen (secondary N) is 1. The van der Waals surface area contributed by atoms with Crippen LogP contribution in [0.2, 0.25) is 0 Å². The van der Waals surface area contributed by atoms with Gasteiger partial charge in [-0.25, -0.2) is 19.9 Å². The van der Waals surface area contributed by atoms with Gasteiger partial charge in [0.1, 0.15) is 22.8 Å². The molecular weight excluding hydrogens is 432 g/mol. The second kappa shape index (κ2) is 9.52. The Labute approximate surface area is 198 Å². The Kier molecular flexibility index (Phi) is 6.51. The third kappa shape index (κ3) is 5.35. The third-order valence-corrected chi connectivity index (χ3v) is 5.15. The average Bonchev–Trinajstić information content (AvgIpc) is 2.81. The molecular formula is C26H28N4O4. The Bertz CT molecular complexity index is 1280. The Morgan fingerprint density at radius 2 is 1.74 bits per heavy atom. The lowest BCUT2D eigenvalue weighted by atomic mass is 9.98. The molecule has 0 fully saturated rings. The normalized spacial score (nSPS) is 13.9. The number of amides is 1. The molecule has 176 valence electrons. The topological polar surface area (TPSA) is 85.7 Å². The van der Waals surface area contributed by atoms with Crippen LogP contribution in [0.15, 0.2) is 71.5 Å². The Morgan fingerprint density at radius 1 is 1.03 bits per heavy atom. The highest BCUT2D eigenvalue weighted by Gasteiger charge is 2.25. The highest BCUT2D eigenvalue weighted by atomic mass is 16.6. The van der Waals surface area contributed by atoms with Crippen molar-refractivity contribution in [3.05, 3.63) is 82.7 Å². The van der Waals surface area contributed by atoms with E-state index in [0.29, 0.717) is 35.8 Å². The minimum Gasteiger partial charge on any atom is -0.457 e. The summed E-state index contributed by atoms with van der Waals surface area (Å²) in [5, 5.41) is 5.99. The average molecular weight is 461 g/mol. The van der Waals surface area contributed by atoms with E-state index in [1.54, 1.807) is 13.1 Å². The van der Waals surface area contributed by atoms with Crippen molar-refractivity contribution in [1.29, 1.82) is 0 Å². The van der Waals surface area contributed by atoms with E-state index >= 15 is 0 Å². The minimum absolute atomic E-state index is 0.226. The summed E-state index contributed by atoms with van der Waals surface area (Å²) in [7, 11) is 1.62. The van der Waals surface area contributed by atoms with Crippen molar-refractivity contribution in [2.75, 3.05) is 13.1 Å². The first-order chi connectivity index (χ1) is 16.2. The lowest BCUT2D eigenvalue weighted by Crippen LogP contribution is -2.48. The first kappa shape index (κ1) is 23.3. The molecule has 34 heavy (non-hydrogen) atoms. The number of hydrogen-bond acceptors (Lipinski definition) is 6. The van der Waals surface area contributed by atoms with Crippen LogP contribution in [0.4, 0.5) is 4.79 Å². The zero-order valence-corrected chi connectivity index (χ0v) is 19.7. The number of aromatic nitrogens is 2. The summed E-state index contributed by atoms with van der Waals surface area (Å²) in [5.41, 5.74) is 5.18. The molecule has 0 atom stereocenters. The van der Waals surface area contributed by atoms with E-state index in [4.69, 9.17) is 9.47 Å². The van der Waals surface area contributed by atoms with E-state index in [2.05, 4.69) is 10.5 Å². The van der Waals surface area contributed by atoms with Gasteiger partial charge in [-0.05, 0) is 50.6 Å². The van der Waals surface area contributed by atoms with E-state index in [9.17, 15) is 9.59 Å². The van der Waals surface area contributed by atoms with Crippen molar-refractivity contribution in [2.45, 2.75) is 26.4 Å². The molecule has 8 nitrogen and oxygen atoms in total. The summed E-state index contributed by atoms with van der Waals surface area (Å²) >= 11 is 0. The number of carbonyl (C=O) groups is 1. The SMILES string of the molecule is Cn1nc(-c2ccccc2Oc2ccccc2)c(C2=CCN(C(=O)OC(C)(C)C)NC2)cc1=O. The van der Waals surface area contributed by atoms with Crippen LogP contribution in [0.25, 0.3) is 16.8 Å². The third-order valence-electron chi connectivity index (χ3n) is 5.15. The molecule has 0 aliphatic carbocycles. The molecule has 0 unspecified atom stereocenters. The molecule has 1 amide bonds. The summed E-state index contributed by atoms with van der Waals surface area (Å²) < 4.78 is 12.9. The molecule has 2 aromatic carbocycles. The molecule has 2 heterocycles. The monoisotopic (exact) mass is 460 g/mol. The van der Waals surface area contributed by atoms with Crippen molar-refractivity contribution in [2.24, 2.45) is 7.05 Å². The molecule has 1 aliphatic rings. The number of aryl methyl sites for hydroxylation is 1. The van der Waals surface area contributed by atoms with Gasteiger partial charge >= 0.3 is 6.09 Å². The van der Waals surface area contributed by atoms with Gasteiger partial charge in [-0.3, -0.25) is 4.79 Å². The molecule has 0 radical (unpaired) electrons. The van der Waals surface area contributed by atoms with Gasteiger partial charge in [0.15, 0.2) is 0 Å². The van der Waals surface area contributed by atoms with Crippen molar-refractivity contribution in [3.63, 3.8) is 0 Å². The molecule has 8 heteroatoms. The van der Waals surface area contributed by atoms with Crippen LogP contribution < -0.4 is 15.7 Å². The Balaban J connectivity index is 1.69. The van der Waals surface area contributed by atoms with Crippen molar-refractivity contribution < 1.29 is 14.3 Å². The first-order valence-corrected chi connectivity index (χ1v) is 11.1. The number of ether oxygens (including phenoxy) is 2. The predicted molar refractivity (Wildman–Crippen MR) is 130 cm³/mol. The van der Waals surface area contributed by atoms with Crippen LogP contribution in [0.5, 0.6) is 11.5 Å². The summed E-state index contributed by atoms with van der Waals surface area (Å²) in [6.07, 6.45) is 1.45. The van der Waals surface area contributed by atoms with E-state index in [1.807, 2.05) is 81.4 Å². The van der Waals surface area contributed by atoms with Crippen molar-refractivity contribution >= 4 is 11.7 Å². The fourth-order valence-electron chi connectivity index (χ4n) is 3.53. The number of rotatable bonds is 4. The minimum atomic E-state index is -0.589. The summed E-state index contributed by atoms with van der Waals surface area (Å²) in [6.45, 7) is 6.10. The fraction of sp³-hybridized carbons (Fsp3) is 0.269. The molecule has 0 bridgehead atoms. The van der Waals surface area contributed by atoms with Gasteiger partial charge in [0.2, 0.25) is 0 Å². The molecule has 1 aromatic heterocycles. The summed E-state index contributed by atoms with van der Waals surface area (Å²) in [6, 6.07) is 18.6. The number of hydrogen-bond donors (Lipinski definition) is 1. The van der Waals surface area contributed by atoms with Crippen LogP contribution in [0.3, 0.4) is 0 Å². The number of hydrazine groups is 1. The highest BCUT2D eigenvalue weighted by molar-refractivity contribution is 5.83. The van der Waals surface area contributed by atoms with Crippen molar-refractivity contribution in [3.8, 4) is 22.8 Å². The molecule has 4 rings (SSSR count). The second-order valence-electron chi connectivity index (χ2n) is 8.93. The van der Waals surface area contributed by atoms with Gasteiger partial charge in [-0.15, -0.1) is 0 Å². The number of nitrogens with zero attached hydrogens (tertiary/aromatic N) is 3. The van der Waals surface area contributed by atoms with Crippen LogP contribution in [-0.4, -0.2) is 39.6 Å². The Morgan fingerprint density at radius 3 is 2.41 bits per heavy atom. The van der Waals surface area contributed by atoms with E-state index in [1.165, 1.54) is 9.69 Å². The quantitative estimate of drug-likeness (QED) is 0.622. The van der Waals surface area contributed by atoms with Gasteiger partial charge in [0.25, 0.3) is 5.56 Å². The largest absolute Gasteiger partial charge is 0.457 e. The number of benzene rings is 2. The zero-order valence-electron chi connectivity index (χ0n) is 19.7. The Hall–Kier alpha value is -3.91. The molecule has 0 saturated heterocycles. The van der Waals surface area contributed by atoms with Gasteiger partial charge in [0.05, 0.1) is 6.54 Å². The standard InChI is InChI=1S/C26H28N4O4/c1-26(2,3)34-25(32)30-15-14-18(17-27-30)21-16-23(31)29(4)28-24(21)20-12-8-9-13-22(20)33-19-10-6-5-7-11-19/h5-14,16,27H,15,17H2,1-4H3. The predicted octanol–water partition coefficient (Wildman–Crippen LogP) is 4.38. The number of para-hydroxylation sites is 2. The molecule has 0 saturated carbocycles. The summed E-state index contributed by atoms with van der Waals surface area (Å²) in [5.74, 6) is 1.33. The maximum absolute atomic E-state index is 12.5. The lowest BCUT2D eigenvalue weighted by molar-refractivity contribution is 0.0169. The van der Waals surface area contributed by atoms with E-state index < -0.39 is 11.7 Å².